The van der Waals surface area contributed by atoms with Gasteiger partial charge in [0.1, 0.15) is 23.7 Å². The van der Waals surface area contributed by atoms with E-state index in [9.17, 15) is 9.18 Å². The van der Waals surface area contributed by atoms with E-state index < -0.39 is 11.7 Å². The number of anilines is 1. The van der Waals surface area contributed by atoms with Gasteiger partial charge in [0, 0.05) is 18.2 Å². The molecule has 0 unspecified atom stereocenters. The molecule has 1 saturated carbocycles. The molecule has 0 aliphatic heterocycles. The Balaban J connectivity index is 1.42. The molecule has 8 nitrogen and oxygen atoms in total. The van der Waals surface area contributed by atoms with Crippen LogP contribution < -0.4 is 5.32 Å². The maximum atomic E-state index is 14.7. The summed E-state index contributed by atoms with van der Waals surface area (Å²) in [7, 11) is 0. The third-order valence-electron chi connectivity index (χ3n) is 5.51. The summed E-state index contributed by atoms with van der Waals surface area (Å²) in [5.41, 5.74) is 1.85. The molecule has 5 rings (SSSR count). The van der Waals surface area contributed by atoms with Crippen LogP contribution in [0.5, 0.6) is 0 Å². The zero-order chi connectivity index (χ0) is 23.1. The molecule has 0 radical (unpaired) electrons. The lowest BCUT2D eigenvalue weighted by Crippen LogP contribution is -2.16. The van der Waals surface area contributed by atoms with E-state index in [0.29, 0.717) is 23.1 Å². The fraction of sp³-hybridized carbons (Fsp3) is 0.261. The topological polar surface area (TPSA) is 90.5 Å². The van der Waals surface area contributed by atoms with E-state index in [1.54, 1.807) is 35.4 Å². The van der Waals surface area contributed by atoms with Crippen molar-refractivity contribution in [3.8, 4) is 17.2 Å². The molecule has 1 N–H and O–H groups in total. The quantitative estimate of drug-likeness (QED) is 0.431. The van der Waals surface area contributed by atoms with Gasteiger partial charge < -0.3 is 14.5 Å². The van der Waals surface area contributed by atoms with Crippen molar-refractivity contribution in [2.24, 2.45) is 0 Å². The monoisotopic (exact) mass is 465 g/mol. The summed E-state index contributed by atoms with van der Waals surface area (Å²) >= 11 is 6.28. The molecule has 0 bridgehead atoms. The van der Waals surface area contributed by atoms with Crippen LogP contribution in [-0.2, 0) is 0 Å². The van der Waals surface area contributed by atoms with Crippen LogP contribution >= 0.6 is 11.6 Å². The summed E-state index contributed by atoms with van der Waals surface area (Å²) in [6.45, 7) is 4.01. The molecular formula is C23H21ClFN7O. The van der Waals surface area contributed by atoms with Gasteiger partial charge in [0.05, 0.1) is 28.3 Å². The van der Waals surface area contributed by atoms with Gasteiger partial charge in [0.25, 0.3) is 5.91 Å². The molecule has 168 valence electrons. The van der Waals surface area contributed by atoms with Crippen LogP contribution in [0.25, 0.3) is 17.2 Å². The Kier molecular flexibility index (Phi) is 5.41. The number of pyridine rings is 1. The molecule has 3 aromatic heterocycles. The Bertz CT molecular complexity index is 1340. The van der Waals surface area contributed by atoms with E-state index in [0.717, 1.165) is 24.6 Å². The van der Waals surface area contributed by atoms with Crippen molar-refractivity contribution in [2.75, 3.05) is 5.32 Å². The Morgan fingerprint density at radius 2 is 2.06 bits per heavy atom. The molecule has 1 aliphatic carbocycles. The highest BCUT2D eigenvalue weighted by Crippen LogP contribution is 2.39. The molecule has 1 aromatic carbocycles. The van der Waals surface area contributed by atoms with Crippen molar-refractivity contribution in [1.82, 2.24) is 29.3 Å². The van der Waals surface area contributed by atoms with Crippen molar-refractivity contribution in [1.29, 1.82) is 0 Å². The van der Waals surface area contributed by atoms with Crippen LogP contribution in [-0.4, -0.2) is 35.2 Å². The standard InChI is InChI=1S/C23H21ClFN7O/c1-13(2)32-12-27-30-22(32)18-4-3-5-21(28-18)29-23(33)15-8-20(16(24)9-17(15)25)31-10-19(26-11-31)14-6-7-14/h3-5,8-14H,6-7H2,1-2H3,(H,28,29,33). The Labute approximate surface area is 194 Å². The summed E-state index contributed by atoms with van der Waals surface area (Å²) in [6.07, 6.45) is 7.35. The maximum absolute atomic E-state index is 14.7. The normalized spacial score (nSPS) is 13.5. The van der Waals surface area contributed by atoms with Crippen LogP contribution in [0.2, 0.25) is 5.02 Å². The Morgan fingerprint density at radius 3 is 2.82 bits per heavy atom. The van der Waals surface area contributed by atoms with E-state index in [2.05, 4.69) is 25.5 Å². The average molecular weight is 466 g/mol. The molecule has 33 heavy (non-hydrogen) atoms. The molecular weight excluding hydrogens is 445 g/mol. The summed E-state index contributed by atoms with van der Waals surface area (Å²) in [5.74, 6) is -0.0477. The second-order valence-electron chi connectivity index (χ2n) is 8.28. The van der Waals surface area contributed by atoms with Gasteiger partial charge in [-0.3, -0.25) is 4.79 Å². The van der Waals surface area contributed by atoms with Crippen LogP contribution in [0, 0.1) is 5.82 Å². The van der Waals surface area contributed by atoms with E-state index in [-0.39, 0.29) is 22.4 Å². The number of aromatic nitrogens is 6. The predicted octanol–water partition coefficient (Wildman–Crippen LogP) is 5.03. The first-order valence-corrected chi connectivity index (χ1v) is 11.0. The summed E-state index contributed by atoms with van der Waals surface area (Å²) in [5, 5.41) is 10.9. The minimum Gasteiger partial charge on any atom is -0.310 e. The molecule has 0 saturated heterocycles. The van der Waals surface area contributed by atoms with Crippen LogP contribution in [0.4, 0.5) is 10.2 Å². The fourth-order valence-corrected chi connectivity index (χ4v) is 3.83. The lowest BCUT2D eigenvalue weighted by molar-refractivity contribution is 0.102. The van der Waals surface area contributed by atoms with Gasteiger partial charge in [-0.15, -0.1) is 10.2 Å². The molecule has 1 aliphatic rings. The molecule has 4 aromatic rings. The van der Waals surface area contributed by atoms with E-state index in [4.69, 9.17) is 11.6 Å². The predicted molar refractivity (Wildman–Crippen MR) is 122 cm³/mol. The van der Waals surface area contributed by atoms with Crippen molar-refractivity contribution in [3.63, 3.8) is 0 Å². The van der Waals surface area contributed by atoms with E-state index in [1.165, 1.54) is 6.07 Å². The lowest BCUT2D eigenvalue weighted by atomic mass is 10.1. The fourth-order valence-electron chi connectivity index (χ4n) is 3.59. The van der Waals surface area contributed by atoms with Gasteiger partial charge in [-0.1, -0.05) is 17.7 Å². The van der Waals surface area contributed by atoms with Gasteiger partial charge in [0.15, 0.2) is 5.82 Å². The number of imidazole rings is 1. The number of hydrogen-bond donors (Lipinski definition) is 1. The van der Waals surface area contributed by atoms with Gasteiger partial charge in [0.2, 0.25) is 0 Å². The second-order valence-corrected chi connectivity index (χ2v) is 8.69. The minimum absolute atomic E-state index is 0.139. The molecule has 0 atom stereocenters. The summed E-state index contributed by atoms with van der Waals surface area (Å²) in [4.78, 5) is 21.8. The highest BCUT2D eigenvalue weighted by Gasteiger charge is 2.26. The van der Waals surface area contributed by atoms with Crippen LogP contribution in [0.3, 0.4) is 0 Å². The lowest BCUT2D eigenvalue weighted by Gasteiger charge is -2.12. The average Bonchev–Trinajstić information content (AvgIpc) is 3.31. The number of nitrogens with one attached hydrogen (secondary N) is 1. The van der Waals surface area contributed by atoms with Gasteiger partial charge >= 0.3 is 0 Å². The van der Waals surface area contributed by atoms with E-state index >= 15 is 0 Å². The van der Waals surface area contributed by atoms with Crippen molar-refractivity contribution < 1.29 is 9.18 Å². The zero-order valence-corrected chi connectivity index (χ0v) is 18.8. The molecule has 3 heterocycles. The summed E-state index contributed by atoms with van der Waals surface area (Å²) in [6, 6.07) is 7.84. The molecule has 0 spiro atoms. The highest BCUT2D eigenvalue weighted by atomic mass is 35.5. The number of nitrogens with zero attached hydrogens (tertiary/aromatic N) is 6. The number of amides is 1. The third kappa shape index (κ3) is 4.23. The molecule has 10 heteroatoms. The van der Waals surface area contributed by atoms with Gasteiger partial charge in [-0.2, -0.15) is 0 Å². The maximum Gasteiger partial charge on any atom is 0.259 e. The number of rotatable bonds is 6. The van der Waals surface area contributed by atoms with Gasteiger partial charge in [-0.25, -0.2) is 14.4 Å². The Morgan fingerprint density at radius 1 is 1.24 bits per heavy atom. The third-order valence-corrected chi connectivity index (χ3v) is 5.81. The first-order chi connectivity index (χ1) is 15.9. The zero-order valence-electron chi connectivity index (χ0n) is 18.0. The molecule has 1 fully saturated rings. The van der Waals surface area contributed by atoms with Gasteiger partial charge in [-0.05, 0) is 51.0 Å². The number of hydrogen-bond acceptors (Lipinski definition) is 5. The van der Waals surface area contributed by atoms with E-state index in [1.807, 2.05) is 24.6 Å². The SMILES string of the molecule is CC(C)n1cnnc1-c1cccc(NC(=O)c2cc(-n3cnc(C4CC4)c3)c(Cl)cc2F)n1. The van der Waals surface area contributed by atoms with Crippen LogP contribution in [0.15, 0.2) is 49.2 Å². The number of benzene rings is 1. The first-order valence-electron chi connectivity index (χ1n) is 10.6. The van der Waals surface area contributed by atoms with Crippen molar-refractivity contribution in [2.45, 2.75) is 38.6 Å². The van der Waals surface area contributed by atoms with Crippen LogP contribution in [0.1, 0.15) is 54.7 Å². The number of halogens is 2. The smallest absolute Gasteiger partial charge is 0.259 e. The summed E-state index contributed by atoms with van der Waals surface area (Å²) < 4.78 is 18.3. The largest absolute Gasteiger partial charge is 0.310 e. The number of carbonyl (C=O) groups is 1. The first kappa shape index (κ1) is 21.3. The van der Waals surface area contributed by atoms with Crippen molar-refractivity contribution in [3.05, 3.63) is 71.3 Å². The highest BCUT2D eigenvalue weighted by molar-refractivity contribution is 6.32. The second kappa shape index (κ2) is 8.40. The van der Waals surface area contributed by atoms with Crippen molar-refractivity contribution >= 4 is 23.3 Å². The molecule has 1 amide bonds. The minimum atomic E-state index is -0.723. The number of carbonyl (C=O) groups excluding carboxylic acids is 1. The Hall–Kier alpha value is -3.59.